The van der Waals surface area contributed by atoms with Crippen LogP contribution in [0.15, 0.2) is 60.8 Å². The summed E-state index contributed by atoms with van der Waals surface area (Å²) in [4.78, 5) is 27.0. The summed E-state index contributed by atoms with van der Waals surface area (Å²) in [5, 5.41) is 13.0. The first-order valence-electron chi connectivity index (χ1n) is 8.42. The van der Waals surface area contributed by atoms with E-state index in [1.165, 1.54) is 0 Å². The fourth-order valence-electron chi connectivity index (χ4n) is 2.96. The number of para-hydroxylation sites is 1. The number of H-pyrrole nitrogens is 1. The molecule has 26 heavy (non-hydrogen) atoms. The largest absolute Gasteiger partial charge is 0.480 e. The molecule has 0 saturated heterocycles. The summed E-state index contributed by atoms with van der Waals surface area (Å²) in [5.41, 5.74) is 8.76. The number of nitrogens with two attached hydrogens (primary N) is 1. The minimum atomic E-state index is -1.08. The number of carbonyl (C=O) groups excluding carboxylic acids is 1. The van der Waals surface area contributed by atoms with Crippen molar-refractivity contribution in [3.05, 3.63) is 71.9 Å². The maximum Gasteiger partial charge on any atom is 0.326 e. The van der Waals surface area contributed by atoms with Gasteiger partial charge in [0.15, 0.2) is 0 Å². The fraction of sp³-hybridized carbons (Fsp3) is 0.200. The van der Waals surface area contributed by atoms with Crippen molar-refractivity contribution in [1.29, 1.82) is 0 Å². The van der Waals surface area contributed by atoms with Crippen LogP contribution in [0.5, 0.6) is 0 Å². The lowest BCUT2D eigenvalue weighted by Gasteiger charge is -2.18. The van der Waals surface area contributed by atoms with Crippen LogP contribution in [0, 0.1) is 0 Å². The van der Waals surface area contributed by atoms with Gasteiger partial charge in [0.05, 0.1) is 6.04 Å². The van der Waals surface area contributed by atoms with E-state index in [2.05, 4.69) is 10.3 Å². The Morgan fingerprint density at radius 3 is 2.46 bits per heavy atom. The van der Waals surface area contributed by atoms with Crippen LogP contribution in [0.3, 0.4) is 0 Å². The first-order valence-corrected chi connectivity index (χ1v) is 8.42. The SMILES string of the molecule is N[C@@H](Cc1c[nH]c2ccccc12)C(=O)NC(Cc1ccccc1)C(=O)O. The monoisotopic (exact) mass is 351 g/mol. The molecule has 0 aliphatic heterocycles. The molecule has 6 heteroatoms. The molecule has 0 fully saturated rings. The zero-order valence-electron chi connectivity index (χ0n) is 14.2. The molecule has 1 amide bonds. The van der Waals surface area contributed by atoms with E-state index in [0.717, 1.165) is 22.0 Å². The number of rotatable bonds is 7. The van der Waals surface area contributed by atoms with Crippen LogP contribution in [-0.4, -0.2) is 34.1 Å². The smallest absolute Gasteiger partial charge is 0.326 e. The van der Waals surface area contributed by atoms with Gasteiger partial charge in [-0.25, -0.2) is 4.79 Å². The van der Waals surface area contributed by atoms with E-state index in [1.807, 2.05) is 60.8 Å². The van der Waals surface area contributed by atoms with Gasteiger partial charge in [-0.2, -0.15) is 0 Å². The number of fused-ring (bicyclic) bond motifs is 1. The van der Waals surface area contributed by atoms with E-state index >= 15 is 0 Å². The van der Waals surface area contributed by atoms with E-state index in [4.69, 9.17) is 5.73 Å². The third-order valence-electron chi connectivity index (χ3n) is 4.35. The molecule has 6 nitrogen and oxygen atoms in total. The van der Waals surface area contributed by atoms with Gasteiger partial charge in [-0.15, -0.1) is 0 Å². The maximum absolute atomic E-state index is 12.4. The quantitative estimate of drug-likeness (QED) is 0.521. The standard InChI is InChI=1S/C20H21N3O3/c21-16(11-14-12-22-17-9-5-4-8-15(14)17)19(24)23-18(20(25)26)10-13-6-2-1-3-7-13/h1-9,12,16,18,22H,10-11,21H2,(H,23,24)(H,25,26)/t16-,18?/m0/s1. The number of hydrogen-bond acceptors (Lipinski definition) is 3. The molecule has 134 valence electrons. The summed E-state index contributed by atoms with van der Waals surface area (Å²) in [7, 11) is 0. The third-order valence-corrected chi connectivity index (χ3v) is 4.35. The summed E-state index contributed by atoms with van der Waals surface area (Å²) in [6.07, 6.45) is 2.37. The van der Waals surface area contributed by atoms with Crippen molar-refractivity contribution in [3.63, 3.8) is 0 Å². The Morgan fingerprint density at radius 1 is 1.04 bits per heavy atom. The zero-order chi connectivity index (χ0) is 18.5. The summed E-state index contributed by atoms with van der Waals surface area (Å²) in [6, 6.07) is 15.1. The molecule has 3 rings (SSSR count). The maximum atomic E-state index is 12.4. The first-order chi connectivity index (χ1) is 12.5. The molecule has 0 spiro atoms. The second kappa shape index (κ2) is 7.84. The Morgan fingerprint density at radius 2 is 1.73 bits per heavy atom. The van der Waals surface area contributed by atoms with Crippen LogP contribution in [0.1, 0.15) is 11.1 Å². The summed E-state index contributed by atoms with van der Waals surface area (Å²) in [5.74, 6) is -1.56. The number of carbonyl (C=O) groups is 2. The Labute approximate surface area is 151 Å². The Kier molecular flexibility index (Phi) is 5.34. The topological polar surface area (TPSA) is 108 Å². The number of amides is 1. The van der Waals surface area contributed by atoms with E-state index in [1.54, 1.807) is 0 Å². The average molecular weight is 351 g/mol. The molecule has 0 saturated carbocycles. The van der Waals surface area contributed by atoms with Crippen molar-refractivity contribution in [3.8, 4) is 0 Å². The lowest BCUT2D eigenvalue weighted by atomic mass is 10.0. The number of benzene rings is 2. The molecule has 1 heterocycles. The van der Waals surface area contributed by atoms with Crippen molar-refractivity contribution in [2.24, 2.45) is 5.73 Å². The molecule has 0 radical (unpaired) electrons. The van der Waals surface area contributed by atoms with Crippen molar-refractivity contribution in [2.75, 3.05) is 0 Å². The second-order valence-corrected chi connectivity index (χ2v) is 6.26. The van der Waals surface area contributed by atoms with Gasteiger partial charge >= 0.3 is 5.97 Å². The number of aromatic nitrogens is 1. The van der Waals surface area contributed by atoms with Gasteiger partial charge < -0.3 is 21.1 Å². The van der Waals surface area contributed by atoms with Crippen LogP contribution >= 0.6 is 0 Å². The Hall–Kier alpha value is -3.12. The van der Waals surface area contributed by atoms with E-state index in [0.29, 0.717) is 6.42 Å². The highest BCUT2D eigenvalue weighted by molar-refractivity contribution is 5.88. The molecular formula is C20H21N3O3. The van der Waals surface area contributed by atoms with E-state index < -0.39 is 24.0 Å². The molecule has 0 bridgehead atoms. The van der Waals surface area contributed by atoms with Crippen molar-refractivity contribution >= 4 is 22.8 Å². The number of nitrogens with one attached hydrogen (secondary N) is 2. The molecule has 5 N–H and O–H groups in total. The highest BCUT2D eigenvalue weighted by atomic mass is 16.4. The number of carboxylic acid groups (broad SMARTS) is 1. The highest BCUT2D eigenvalue weighted by Crippen LogP contribution is 2.18. The van der Waals surface area contributed by atoms with Crippen LogP contribution < -0.4 is 11.1 Å². The first kappa shape index (κ1) is 17.7. The molecular weight excluding hydrogens is 330 g/mol. The molecule has 0 aliphatic carbocycles. The fourth-order valence-corrected chi connectivity index (χ4v) is 2.96. The minimum absolute atomic E-state index is 0.210. The zero-order valence-corrected chi connectivity index (χ0v) is 14.2. The lowest BCUT2D eigenvalue weighted by Crippen LogP contribution is -2.50. The number of aliphatic carboxylic acids is 1. The van der Waals surface area contributed by atoms with E-state index in [-0.39, 0.29) is 6.42 Å². The number of carboxylic acids is 1. The Bertz CT molecular complexity index is 905. The third kappa shape index (κ3) is 4.10. The minimum Gasteiger partial charge on any atom is -0.480 e. The van der Waals surface area contributed by atoms with Gasteiger partial charge in [0.1, 0.15) is 6.04 Å². The summed E-state index contributed by atoms with van der Waals surface area (Å²) in [6.45, 7) is 0. The van der Waals surface area contributed by atoms with Crippen LogP contribution in [0.4, 0.5) is 0 Å². The van der Waals surface area contributed by atoms with Crippen molar-refractivity contribution in [2.45, 2.75) is 24.9 Å². The Balaban J connectivity index is 1.66. The van der Waals surface area contributed by atoms with Gasteiger partial charge in [-0.3, -0.25) is 4.79 Å². The van der Waals surface area contributed by atoms with Gasteiger partial charge in [-0.05, 0) is 23.6 Å². The number of aromatic amines is 1. The van der Waals surface area contributed by atoms with Crippen LogP contribution in [-0.2, 0) is 22.4 Å². The van der Waals surface area contributed by atoms with E-state index in [9.17, 15) is 14.7 Å². The second-order valence-electron chi connectivity index (χ2n) is 6.26. The van der Waals surface area contributed by atoms with Gasteiger partial charge in [-0.1, -0.05) is 48.5 Å². The predicted octanol–water partition coefficient (Wildman–Crippen LogP) is 1.85. The summed E-state index contributed by atoms with van der Waals surface area (Å²) >= 11 is 0. The molecule has 1 aromatic heterocycles. The molecule has 2 aromatic carbocycles. The average Bonchev–Trinajstić information content (AvgIpc) is 3.05. The van der Waals surface area contributed by atoms with Crippen molar-refractivity contribution in [1.82, 2.24) is 10.3 Å². The van der Waals surface area contributed by atoms with Gasteiger partial charge in [0.25, 0.3) is 0 Å². The number of hydrogen-bond donors (Lipinski definition) is 4. The predicted molar refractivity (Wildman–Crippen MR) is 99.7 cm³/mol. The summed E-state index contributed by atoms with van der Waals surface area (Å²) < 4.78 is 0. The van der Waals surface area contributed by atoms with Crippen LogP contribution in [0.25, 0.3) is 10.9 Å². The molecule has 0 aliphatic rings. The molecule has 1 unspecified atom stereocenters. The van der Waals surface area contributed by atoms with Gasteiger partial charge in [0.2, 0.25) is 5.91 Å². The normalized spacial score (nSPS) is 13.3. The molecule has 2 atom stereocenters. The van der Waals surface area contributed by atoms with Crippen molar-refractivity contribution < 1.29 is 14.7 Å². The molecule has 3 aromatic rings. The van der Waals surface area contributed by atoms with Crippen LogP contribution in [0.2, 0.25) is 0 Å². The highest BCUT2D eigenvalue weighted by Gasteiger charge is 2.24. The van der Waals surface area contributed by atoms with Gasteiger partial charge in [0, 0.05) is 23.5 Å². The lowest BCUT2D eigenvalue weighted by molar-refractivity contribution is -0.141.